The number of carbonyl (C=O) groups is 1. The fraction of sp³-hybridized carbons (Fsp3) is 0.650. The van der Waals surface area contributed by atoms with Crippen molar-refractivity contribution in [3.63, 3.8) is 0 Å². The van der Waals surface area contributed by atoms with E-state index < -0.39 is 5.41 Å². The van der Waals surface area contributed by atoms with Crippen LogP contribution in [0.15, 0.2) is 30.3 Å². The highest BCUT2D eigenvalue weighted by Gasteiger charge is 2.47. The van der Waals surface area contributed by atoms with Crippen LogP contribution in [0.4, 0.5) is 0 Å². The van der Waals surface area contributed by atoms with E-state index in [0.717, 1.165) is 44.1 Å². The lowest BCUT2D eigenvalue weighted by Crippen LogP contribution is -2.48. The molecule has 2 aliphatic carbocycles. The van der Waals surface area contributed by atoms with Crippen LogP contribution in [0.25, 0.3) is 0 Å². The molecule has 2 unspecified atom stereocenters. The molecule has 0 amide bonds. The molecule has 0 aromatic heterocycles. The zero-order valence-corrected chi connectivity index (χ0v) is 14.2. The van der Waals surface area contributed by atoms with Gasteiger partial charge in [-0.2, -0.15) is 0 Å². The first kappa shape index (κ1) is 16.5. The van der Waals surface area contributed by atoms with Gasteiger partial charge in [-0.3, -0.25) is 4.79 Å². The number of esters is 1. The topological polar surface area (TPSA) is 52.3 Å². The molecule has 3 rings (SSSR count). The van der Waals surface area contributed by atoms with Crippen molar-refractivity contribution in [2.75, 3.05) is 6.54 Å². The maximum Gasteiger partial charge on any atom is 0.316 e. The third-order valence-electron chi connectivity index (χ3n) is 6.00. The molecule has 3 nitrogen and oxygen atoms in total. The number of nitrogens with two attached hydrogens (primary N) is 1. The van der Waals surface area contributed by atoms with Crippen molar-refractivity contribution in [3.05, 3.63) is 35.9 Å². The van der Waals surface area contributed by atoms with Gasteiger partial charge in [-0.15, -0.1) is 0 Å². The van der Waals surface area contributed by atoms with Gasteiger partial charge in [-0.05, 0) is 49.6 Å². The van der Waals surface area contributed by atoms with Crippen molar-refractivity contribution in [3.8, 4) is 0 Å². The van der Waals surface area contributed by atoms with Gasteiger partial charge in [0.1, 0.15) is 6.10 Å². The van der Waals surface area contributed by atoms with Gasteiger partial charge in [0.25, 0.3) is 0 Å². The number of ether oxygens (including phenoxy) is 1. The van der Waals surface area contributed by atoms with Gasteiger partial charge in [0, 0.05) is 0 Å². The van der Waals surface area contributed by atoms with Crippen molar-refractivity contribution in [1.29, 1.82) is 0 Å². The Hall–Kier alpha value is -1.35. The Balaban J connectivity index is 1.76. The van der Waals surface area contributed by atoms with Gasteiger partial charge in [0.2, 0.25) is 0 Å². The summed E-state index contributed by atoms with van der Waals surface area (Å²) in [6.07, 6.45) is 7.29. The highest BCUT2D eigenvalue weighted by atomic mass is 16.5. The zero-order chi connectivity index (χ0) is 16.3. The molecular weight excluding hydrogens is 286 g/mol. The summed E-state index contributed by atoms with van der Waals surface area (Å²) in [4.78, 5) is 13.1. The molecule has 1 aromatic rings. The molecule has 23 heavy (non-hydrogen) atoms. The highest BCUT2D eigenvalue weighted by Crippen LogP contribution is 2.44. The minimum Gasteiger partial charge on any atom is -0.461 e. The minimum atomic E-state index is -0.425. The molecule has 0 radical (unpaired) electrons. The standard InChI is InChI=1S/C20H29NO2/c1-15-14-18(17(15)10-13-21)23-19(22)20(11-6-3-7-12-20)16-8-4-2-5-9-16/h2,4-5,8-9,15,17-18H,3,6-7,10-14,21H2,1H3/t15?,17?,18-/m0/s1. The van der Waals surface area contributed by atoms with E-state index in [2.05, 4.69) is 19.1 Å². The van der Waals surface area contributed by atoms with Gasteiger partial charge in [-0.1, -0.05) is 56.5 Å². The Kier molecular flexibility index (Phi) is 5.05. The number of hydrogen-bond donors (Lipinski definition) is 1. The van der Waals surface area contributed by atoms with Crippen LogP contribution in [0.1, 0.15) is 57.4 Å². The number of benzene rings is 1. The van der Waals surface area contributed by atoms with Crippen molar-refractivity contribution >= 4 is 5.97 Å². The third kappa shape index (κ3) is 3.16. The molecule has 0 saturated heterocycles. The molecule has 2 aliphatic rings. The summed E-state index contributed by atoms with van der Waals surface area (Å²) in [5.41, 5.74) is 6.42. The van der Waals surface area contributed by atoms with Crippen LogP contribution >= 0.6 is 0 Å². The average molecular weight is 315 g/mol. The second kappa shape index (κ2) is 7.04. The molecule has 3 atom stereocenters. The summed E-state index contributed by atoms with van der Waals surface area (Å²) in [6.45, 7) is 2.91. The van der Waals surface area contributed by atoms with Crippen molar-refractivity contribution in [2.24, 2.45) is 17.6 Å². The monoisotopic (exact) mass is 315 g/mol. The quantitative estimate of drug-likeness (QED) is 0.841. The fourth-order valence-electron chi connectivity index (χ4n) is 4.46. The summed E-state index contributed by atoms with van der Waals surface area (Å²) >= 11 is 0. The van der Waals surface area contributed by atoms with Crippen molar-refractivity contribution in [2.45, 2.75) is 63.4 Å². The van der Waals surface area contributed by atoms with Crippen LogP contribution in [0.3, 0.4) is 0 Å². The highest BCUT2D eigenvalue weighted by molar-refractivity contribution is 5.83. The van der Waals surface area contributed by atoms with Crippen LogP contribution < -0.4 is 5.73 Å². The predicted molar refractivity (Wildman–Crippen MR) is 92.0 cm³/mol. The van der Waals surface area contributed by atoms with Gasteiger partial charge in [-0.25, -0.2) is 0 Å². The van der Waals surface area contributed by atoms with Crippen LogP contribution in [-0.2, 0) is 14.9 Å². The number of carbonyl (C=O) groups excluding carboxylic acids is 1. The Morgan fingerprint density at radius 1 is 1.22 bits per heavy atom. The van der Waals surface area contributed by atoms with E-state index in [4.69, 9.17) is 10.5 Å². The molecule has 2 saturated carbocycles. The van der Waals surface area contributed by atoms with Gasteiger partial charge < -0.3 is 10.5 Å². The van der Waals surface area contributed by atoms with E-state index in [0.29, 0.717) is 18.4 Å². The molecule has 0 aliphatic heterocycles. The molecule has 126 valence electrons. The number of hydrogen-bond acceptors (Lipinski definition) is 3. The SMILES string of the molecule is CC1C[C@H](OC(=O)C2(c3ccccc3)CCCCC2)C1CCN. The maximum absolute atomic E-state index is 13.1. The second-order valence-corrected chi connectivity index (χ2v) is 7.41. The van der Waals surface area contributed by atoms with Crippen LogP contribution in [0.5, 0.6) is 0 Å². The zero-order valence-electron chi connectivity index (χ0n) is 14.2. The smallest absolute Gasteiger partial charge is 0.316 e. The molecule has 2 fully saturated rings. The lowest BCUT2D eigenvalue weighted by molar-refractivity contribution is -0.171. The first-order valence-electron chi connectivity index (χ1n) is 9.14. The van der Waals surface area contributed by atoms with E-state index in [9.17, 15) is 4.79 Å². The van der Waals surface area contributed by atoms with Gasteiger partial charge in [0.05, 0.1) is 5.41 Å². The normalized spacial score (nSPS) is 29.6. The lowest BCUT2D eigenvalue weighted by Gasteiger charge is -2.45. The lowest BCUT2D eigenvalue weighted by atomic mass is 9.68. The largest absolute Gasteiger partial charge is 0.461 e. The summed E-state index contributed by atoms with van der Waals surface area (Å²) in [5, 5.41) is 0. The number of rotatable bonds is 5. The van der Waals surface area contributed by atoms with E-state index >= 15 is 0 Å². The van der Waals surface area contributed by atoms with E-state index in [1.165, 1.54) is 6.42 Å². The summed E-state index contributed by atoms with van der Waals surface area (Å²) in [6, 6.07) is 10.3. The average Bonchev–Trinajstić information content (AvgIpc) is 2.60. The summed E-state index contributed by atoms with van der Waals surface area (Å²) in [5.74, 6) is 1.07. The first-order chi connectivity index (χ1) is 11.2. The van der Waals surface area contributed by atoms with Crippen molar-refractivity contribution in [1.82, 2.24) is 0 Å². The molecule has 1 aromatic carbocycles. The van der Waals surface area contributed by atoms with Crippen LogP contribution in [-0.4, -0.2) is 18.6 Å². The Morgan fingerprint density at radius 2 is 1.91 bits per heavy atom. The molecule has 0 heterocycles. The maximum atomic E-state index is 13.1. The summed E-state index contributed by atoms with van der Waals surface area (Å²) < 4.78 is 6.02. The Morgan fingerprint density at radius 3 is 2.52 bits per heavy atom. The predicted octanol–water partition coefficient (Wildman–Crippen LogP) is 3.81. The Bertz CT molecular complexity index is 522. The molecule has 2 N–H and O–H groups in total. The second-order valence-electron chi connectivity index (χ2n) is 7.41. The van der Waals surface area contributed by atoms with Crippen molar-refractivity contribution < 1.29 is 9.53 Å². The fourth-order valence-corrected chi connectivity index (χ4v) is 4.46. The van der Waals surface area contributed by atoms with Crippen LogP contribution in [0.2, 0.25) is 0 Å². The van der Waals surface area contributed by atoms with E-state index in [1.54, 1.807) is 0 Å². The molecule has 0 bridgehead atoms. The third-order valence-corrected chi connectivity index (χ3v) is 6.00. The first-order valence-corrected chi connectivity index (χ1v) is 9.14. The molecule has 3 heteroatoms. The molecule has 0 spiro atoms. The minimum absolute atomic E-state index is 0.00215. The van der Waals surface area contributed by atoms with Gasteiger partial charge in [0.15, 0.2) is 0 Å². The summed E-state index contributed by atoms with van der Waals surface area (Å²) in [7, 11) is 0. The van der Waals surface area contributed by atoms with Crippen LogP contribution in [0, 0.1) is 11.8 Å². The Labute approximate surface area is 139 Å². The van der Waals surface area contributed by atoms with E-state index in [1.807, 2.05) is 18.2 Å². The van der Waals surface area contributed by atoms with Gasteiger partial charge >= 0.3 is 5.97 Å². The molecular formula is C20H29NO2. The van der Waals surface area contributed by atoms with E-state index in [-0.39, 0.29) is 12.1 Å².